The second kappa shape index (κ2) is 6.89. The highest BCUT2D eigenvalue weighted by Crippen LogP contribution is 2.28. The van der Waals surface area contributed by atoms with Crippen molar-refractivity contribution in [2.45, 2.75) is 47.1 Å². The molecule has 1 aromatic rings. The van der Waals surface area contributed by atoms with Crippen LogP contribution < -0.4 is 5.32 Å². The molecule has 0 heterocycles. The van der Waals surface area contributed by atoms with Gasteiger partial charge in [0.15, 0.2) is 0 Å². The first-order valence-corrected chi connectivity index (χ1v) is 6.96. The molecular formula is C16H26FN. The second-order valence-electron chi connectivity index (χ2n) is 5.54. The lowest BCUT2D eigenvalue weighted by Gasteiger charge is -2.29. The molecule has 0 spiro atoms. The number of nitrogens with one attached hydrogen (secondary N) is 1. The lowest BCUT2D eigenvalue weighted by molar-refractivity contribution is 0.303. The SMILES string of the molecule is CCCNC(c1ccc(F)c(C)c1)C(C)C(C)C. The Kier molecular flexibility index (Phi) is 5.80. The molecule has 0 amide bonds. The van der Waals surface area contributed by atoms with E-state index < -0.39 is 0 Å². The Balaban J connectivity index is 2.97. The first-order valence-electron chi connectivity index (χ1n) is 6.96. The molecule has 18 heavy (non-hydrogen) atoms. The number of benzene rings is 1. The molecule has 0 saturated carbocycles. The van der Waals surface area contributed by atoms with Gasteiger partial charge in [-0.05, 0) is 48.9 Å². The number of halogens is 1. The lowest BCUT2D eigenvalue weighted by Crippen LogP contribution is -2.30. The van der Waals surface area contributed by atoms with Crippen molar-refractivity contribution < 1.29 is 4.39 Å². The molecule has 0 aliphatic rings. The van der Waals surface area contributed by atoms with Crippen molar-refractivity contribution in [3.05, 3.63) is 35.1 Å². The summed E-state index contributed by atoms with van der Waals surface area (Å²) in [5, 5.41) is 3.59. The first kappa shape index (κ1) is 15.2. The summed E-state index contributed by atoms with van der Waals surface area (Å²) < 4.78 is 13.4. The van der Waals surface area contributed by atoms with E-state index in [1.165, 1.54) is 5.56 Å². The van der Waals surface area contributed by atoms with Crippen molar-refractivity contribution in [1.29, 1.82) is 0 Å². The van der Waals surface area contributed by atoms with E-state index in [4.69, 9.17) is 0 Å². The van der Waals surface area contributed by atoms with Crippen LogP contribution in [0.4, 0.5) is 4.39 Å². The fourth-order valence-corrected chi connectivity index (χ4v) is 2.15. The Morgan fingerprint density at radius 2 is 1.89 bits per heavy atom. The second-order valence-corrected chi connectivity index (χ2v) is 5.54. The van der Waals surface area contributed by atoms with Gasteiger partial charge in [0.1, 0.15) is 5.82 Å². The highest BCUT2D eigenvalue weighted by molar-refractivity contribution is 5.27. The van der Waals surface area contributed by atoms with E-state index in [1.807, 2.05) is 19.1 Å². The molecule has 0 fully saturated rings. The third kappa shape index (κ3) is 3.81. The molecule has 0 aromatic heterocycles. The average molecular weight is 251 g/mol. The molecule has 1 nitrogen and oxygen atoms in total. The Bertz CT molecular complexity index is 373. The molecule has 102 valence electrons. The number of aryl methyl sites for hydroxylation is 1. The van der Waals surface area contributed by atoms with Crippen molar-refractivity contribution in [3.63, 3.8) is 0 Å². The minimum absolute atomic E-state index is 0.120. The minimum atomic E-state index is -0.120. The van der Waals surface area contributed by atoms with E-state index in [0.29, 0.717) is 17.9 Å². The van der Waals surface area contributed by atoms with Gasteiger partial charge in [0.25, 0.3) is 0 Å². The van der Waals surface area contributed by atoms with Crippen LogP contribution in [0.1, 0.15) is 51.3 Å². The highest BCUT2D eigenvalue weighted by Gasteiger charge is 2.21. The monoisotopic (exact) mass is 251 g/mol. The number of hydrogen-bond donors (Lipinski definition) is 1. The summed E-state index contributed by atoms with van der Waals surface area (Å²) in [6, 6.07) is 5.78. The normalized spacial score (nSPS) is 14.8. The van der Waals surface area contributed by atoms with Crippen LogP contribution in [0.3, 0.4) is 0 Å². The van der Waals surface area contributed by atoms with E-state index >= 15 is 0 Å². The van der Waals surface area contributed by atoms with Gasteiger partial charge < -0.3 is 5.32 Å². The van der Waals surface area contributed by atoms with Gasteiger partial charge in [0.2, 0.25) is 0 Å². The van der Waals surface area contributed by atoms with Gasteiger partial charge >= 0.3 is 0 Å². The van der Waals surface area contributed by atoms with E-state index in [-0.39, 0.29) is 5.82 Å². The molecule has 1 N–H and O–H groups in total. The maximum absolute atomic E-state index is 13.4. The Hall–Kier alpha value is -0.890. The summed E-state index contributed by atoms with van der Waals surface area (Å²) in [7, 11) is 0. The van der Waals surface area contributed by atoms with Crippen molar-refractivity contribution in [1.82, 2.24) is 5.32 Å². The highest BCUT2D eigenvalue weighted by atomic mass is 19.1. The van der Waals surface area contributed by atoms with Gasteiger partial charge in [0, 0.05) is 6.04 Å². The molecule has 1 aromatic carbocycles. The maximum atomic E-state index is 13.4. The summed E-state index contributed by atoms with van der Waals surface area (Å²) >= 11 is 0. The Morgan fingerprint density at radius 3 is 2.39 bits per heavy atom. The molecular weight excluding hydrogens is 225 g/mol. The van der Waals surface area contributed by atoms with E-state index in [9.17, 15) is 4.39 Å². The van der Waals surface area contributed by atoms with Gasteiger partial charge in [-0.3, -0.25) is 0 Å². The van der Waals surface area contributed by atoms with Crippen LogP contribution >= 0.6 is 0 Å². The summed E-state index contributed by atoms with van der Waals surface area (Å²) in [6.07, 6.45) is 1.11. The minimum Gasteiger partial charge on any atom is -0.310 e. The van der Waals surface area contributed by atoms with Gasteiger partial charge in [-0.25, -0.2) is 4.39 Å². The van der Waals surface area contributed by atoms with Crippen LogP contribution in [0.15, 0.2) is 18.2 Å². The summed E-state index contributed by atoms with van der Waals surface area (Å²) in [4.78, 5) is 0. The summed E-state index contributed by atoms with van der Waals surface area (Å²) in [6.45, 7) is 11.7. The molecule has 2 atom stereocenters. The quantitative estimate of drug-likeness (QED) is 0.786. The molecule has 2 heteroatoms. The molecule has 0 radical (unpaired) electrons. The van der Waals surface area contributed by atoms with E-state index in [2.05, 4.69) is 33.0 Å². The van der Waals surface area contributed by atoms with Crippen molar-refractivity contribution in [2.75, 3.05) is 6.54 Å². The number of hydrogen-bond acceptors (Lipinski definition) is 1. The molecule has 1 rings (SSSR count). The zero-order chi connectivity index (χ0) is 13.7. The van der Waals surface area contributed by atoms with Crippen molar-refractivity contribution in [3.8, 4) is 0 Å². The maximum Gasteiger partial charge on any atom is 0.126 e. The van der Waals surface area contributed by atoms with Crippen LogP contribution in [0.5, 0.6) is 0 Å². The predicted octanol–water partition coefficient (Wildman–Crippen LogP) is 4.47. The third-order valence-electron chi connectivity index (χ3n) is 3.73. The Morgan fingerprint density at radius 1 is 1.22 bits per heavy atom. The van der Waals surface area contributed by atoms with Crippen LogP contribution in [-0.4, -0.2) is 6.54 Å². The van der Waals surface area contributed by atoms with E-state index in [0.717, 1.165) is 18.5 Å². The van der Waals surface area contributed by atoms with Crippen LogP contribution in [0.2, 0.25) is 0 Å². The summed E-state index contributed by atoms with van der Waals surface area (Å²) in [5.41, 5.74) is 1.93. The summed E-state index contributed by atoms with van der Waals surface area (Å²) in [5.74, 6) is 1.01. The molecule has 0 aliphatic carbocycles. The van der Waals surface area contributed by atoms with Crippen molar-refractivity contribution in [2.24, 2.45) is 11.8 Å². The van der Waals surface area contributed by atoms with E-state index in [1.54, 1.807) is 6.07 Å². The van der Waals surface area contributed by atoms with Crippen LogP contribution in [0.25, 0.3) is 0 Å². The standard InChI is InChI=1S/C16H26FN/c1-6-9-18-16(13(5)11(2)3)14-7-8-15(17)12(4)10-14/h7-8,10-11,13,16,18H,6,9H2,1-5H3. The van der Waals surface area contributed by atoms with Crippen molar-refractivity contribution >= 4 is 0 Å². The van der Waals surface area contributed by atoms with Gasteiger partial charge in [0.05, 0.1) is 0 Å². The number of rotatable bonds is 6. The molecule has 2 unspecified atom stereocenters. The topological polar surface area (TPSA) is 12.0 Å². The smallest absolute Gasteiger partial charge is 0.126 e. The zero-order valence-electron chi connectivity index (χ0n) is 12.3. The molecule has 0 aliphatic heterocycles. The first-order chi connectivity index (χ1) is 8.47. The van der Waals surface area contributed by atoms with Crippen LogP contribution in [-0.2, 0) is 0 Å². The molecule has 0 bridgehead atoms. The van der Waals surface area contributed by atoms with Gasteiger partial charge in [-0.15, -0.1) is 0 Å². The zero-order valence-corrected chi connectivity index (χ0v) is 12.3. The predicted molar refractivity (Wildman–Crippen MR) is 76.2 cm³/mol. The molecule has 0 saturated heterocycles. The lowest BCUT2D eigenvalue weighted by atomic mass is 9.85. The fourth-order valence-electron chi connectivity index (χ4n) is 2.15. The third-order valence-corrected chi connectivity index (χ3v) is 3.73. The Labute approximate surface area is 111 Å². The van der Waals surface area contributed by atoms with Crippen LogP contribution in [0, 0.1) is 24.6 Å². The van der Waals surface area contributed by atoms with Gasteiger partial charge in [-0.1, -0.05) is 39.8 Å². The fraction of sp³-hybridized carbons (Fsp3) is 0.625. The average Bonchev–Trinajstić information content (AvgIpc) is 2.33. The largest absolute Gasteiger partial charge is 0.310 e. The van der Waals surface area contributed by atoms with Gasteiger partial charge in [-0.2, -0.15) is 0 Å².